The fraction of sp³-hybridized carbons (Fsp3) is 0.481. The number of allylic oxidation sites excluding steroid dienone is 2. The Morgan fingerprint density at radius 2 is 2.03 bits per heavy atom. The van der Waals surface area contributed by atoms with E-state index in [0.717, 1.165) is 44.0 Å². The van der Waals surface area contributed by atoms with E-state index in [4.69, 9.17) is 4.74 Å². The highest BCUT2D eigenvalue weighted by Crippen LogP contribution is 2.33. The number of hydrogen-bond donors (Lipinski definition) is 2. The average molecular weight is 493 g/mol. The maximum absolute atomic E-state index is 13.2. The van der Waals surface area contributed by atoms with Gasteiger partial charge in [-0.2, -0.15) is 0 Å². The van der Waals surface area contributed by atoms with Crippen LogP contribution in [0.3, 0.4) is 0 Å². The third-order valence-electron chi connectivity index (χ3n) is 7.48. The molecule has 9 heteroatoms. The van der Waals surface area contributed by atoms with Crippen LogP contribution >= 0.6 is 0 Å². The zero-order chi connectivity index (χ0) is 25.3. The van der Waals surface area contributed by atoms with Gasteiger partial charge in [0.1, 0.15) is 6.04 Å². The van der Waals surface area contributed by atoms with Crippen molar-refractivity contribution in [2.45, 2.75) is 45.3 Å². The number of carbonyl (C=O) groups is 4. The SMILES string of the molecule is CC1(C(=O)NCc2ccc3c(c2)CN(C2CCC(=O)NC2=O)C3=O)C=CC=C(CN2CCOCC2)C1. The van der Waals surface area contributed by atoms with Crippen molar-refractivity contribution in [2.24, 2.45) is 5.41 Å². The van der Waals surface area contributed by atoms with Gasteiger partial charge in [0.25, 0.3) is 5.91 Å². The minimum absolute atomic E-state index is 0.0342. The molecule has 2 N–H and O–H groups in total. The van der Waals surface area contributed by atoms with Gasteiger partial charge in [0.05, 0.1) is 18.6 Å². The van der Waals surface area contributed by atoms with Crippen LogP contribution in [-0.4, -0.2) is 72.3 Å². The second-order valence-corrected chi connectivity index (χ2v) is 10.2. The van der Waals surface area contributed by atoms with Gasteiger partial charge in [-0.3, -0.25) is 29.4 Å². The lowest BCUT2D eigenvalue weighted by Gasteiger charge is -2.32. The van der Waals surface area contributed by atoms with E-state index in [1.54, 1.807) is 6.07 Å². The number of benzene rings is 1. The van der Waals surface area contributed by atoms with Gasteiger partial charge in [0.2, 0.25) is 17.7 Å². The lowest BCUT2D eigenvalue weighted by Crippen LogP contribution is -2.52. The first-order chi connectivity index (χ1) is 17.3. The third-order valence-corrected chi connectivity index (χ3v) is 7.48. The highest BCUT2D eigenvalue weighted by Gasteiger charge is 2.39. The second kappa shape index (κ2) is 9.99. The van der Waals surface area contributed by atoms with Gasteiger partial charge in [-0.05, 0) is 37.0 Å². The van der Waals surface area contributed by atoms with Crippen molar-refractivity contribution in [1.29, 1.82) is 0 Å². The maximum atomic E-state index is 13.2. The van der Waals surface area contributed by atoms with Crippen LogP contribution in [-0.2, 0) is 32.2 Å². The Morgan fingerprint density at radius 1 is 1.22 bits per heavy atom. The van der Waals surface area contributed by atoms with Gasteiger partial charge < -0.3 is 15.0 Å². The number of ether oxygens (including phenoxy) is 1. The van der Waals surface area contributed by atoms with E-state index in [-0.39, 0.29) is 24.1 Å². The molecule has 2 fully saturated rings. The van der Waals surface area contributed by atoms with Crippen LogP contribution in [0.1, 0.15) is 47.7 Å². The molecule has 4 amide bonds. The summed E-state index contributed by atoms with van der Waals surface area (Å²) in [4.78, 5) is 53.7. The zero-order valence-electron chi connectivity index (χ0n) is 20.5. The van der Waals surface area contributed by atoms with Crippen molar-refractivity contribution < 1.29 is 23.9 Å². The molecule has 0 spiro atoms. The van der Waals surface area contributed by atoms with Crippen molar-refractivity contribution in [3.8, 4) is 0 Å². The van der Waals surface area contributed by atoms with Crippen molar-refractivity contribution in [1.82, 2.24) is 20.4 Å². The van der Waals surface area contributed by atoms with Gasteiger partial charge in [-0.15, -0.1) is 0 Å². The van der Waals surface area contributed by atoms with Gasteiger partial charge in [0.15, 0.2) is 0 Å². The number of amides is 4. The van der Waals surface area contributed by atoms with Crippen molar-refractivity contribution >= 4 is 23.6 Å². The number of hydrogen-bond acceptors (Lipinski definition) is 6. The van der Waals surface area contributed by atoms with E-state index in [1.807, 2.05) is 31.2 Å². The molecule has 2 atom stereocenters. The topological polar surface area (TPSA) is 108 Å². The number of nitrogens with one attached hydrogen (secondary N) is 2. The average Bonchev–Trinajstić information content (AvgIpc) is 3.18. The van der Waals surface area contributed by atoms with Crippen molar-refractivity contribution in [3.63, 3.8) is 0 Å². The van der Waals surface area contributed by atoms with Crippen LogP contribution in [0.2, 0.25) is 0 Å². The summed E-state index contributed by atoms with van der Waals surface area (Å²) in [7, 11) is 0. The molecule has 3 aliphatic heterocycles. The first kappa shape index (κ1) is 24.4. The Morgan fingerprint density at radius 3 is 2.81 bits per heavy atom. The van der Waals surface area contributed by atoms with Crippen LogP contribution in [0.5, 0.6) is 0 Å². The Balaban J connectivity index is 1.18. The summed E-state index contributed by atoms with van der Waals surface area (Å²) in [6, 6.07) is 4.88. The number of morpholine rings is 1. The van der Waals surface area contributed by atoms with E-state index in [1.165, 1.54) is 10.5 Å². The minimum atomic E-state index is -0.636. The zero-order valence-corrected chi connectivity index (χ0v) is 20.5. The Bertz CT molecular complexity index is 1150. The summed E-state index contributed by atoms with van der Waals surface area (Å²) >= 11 is 0. The van der Waals surface area contributed by atoms with Crippen molar-refractivity contribution in [3.05, 3.63) is 58.7 Å². The first-order valence-corrected chi connectivity index (χ1v) is 12.5. The van der Waals surface area contributed by atoms with Crippen LogP contribution in [0, 0.1) is 5.41 Å². The number of nitrogens with zero attached hydrogens (tertiary/aromatic N) is 2. The summed E-state index contributed by atoms with van der Waals surface area (Å²) < 4.78 is 5.43. The summed E-state index contributed by atoms with van der Waals surface area (Å²) in [5.41, 5.74) is 2.91. The molecule has 0 bridgehead atoms. The number of carbonyl (C=O) groups excluding carboxylic acids is 4. The smallest absolute Gasteiger partial charge is 0.255 e. The van der Waals surface area contributed by atoms with Gasteiger partial charge in [-0.25, -0.2) is 0 Å². The Hall–Kier alpha value is -3.30. The number of imide groups is 1. The van der Waals surface area contributed by atoms with E-state index in [0.29, 0.717) is 31.5 Å². The molecule has 2 saturated heterocycles. The molecule has 1 aromatic carbocycles. The monoisotopic (exact) mass is 492 g/mol. The predicted molar refractivity (Wildman–Crippen MR) is 132 cm³/mol. The molecule has 0 aromatic heterocycles. The van der Waals surface area contributed by atoms with E-state index < -0.39 is 17.4 Å². The fourth-order valence-electron chi connectivity index (χ4n) is 5.42. The molecule has 190 valence electrons. The van der Waals surface area contributed by atoms with Crippen molar-refractivity contribution in [2.75, 3.05) is 32.8 Å². The van der Waals surface area contributed by atoms with Crippen LogP contribution in [0.15, 0.2) is 42.0 Å². The minimum Gasteiger partial charge on any atom is -0.379 e. The van der Waals surface area contributed by atoms with E-state index in [2.05, 4.69) is 21.6 Å². The number of rotatable bonds is 6. The lowest BCUT2D eigenvalue weighted by molar-refractivity contribution is -0.137. The van der Waals surface area contributed by atoms with Gasteiger partial charge >= 0.3 is 0 Å². The summed E-state index contributed by atoms with van der Waals surface area (Å²) in [5, 5.41) is 5.39. The molecule has 0 saturated carbocycles. The molecular formula is C27H32N4O5. The Kier molecular flexibility index (Phi) is 6.77. The van der Waals surface area contributed by atoms with Gasteiger partial charge in [-0.1, -0.05) is 35.9 Å². The second-order valence-electron chi connectivity index (χ2n) is 10.2. The standard InChI is InChI=1S/C27H32N4O5/c1-27(8-2-3-19(14-27)16-30-9-11-36-12-10-30)26(35)28-15-18-4-5-21-20(13-18)17-31(25(21)34)22-6-7-23(32)29-24(22)33/h2-5,8,13,22H,6-7,9-12,14-17H2,1H3,(H,28,35)(H,29,32,33). The van der Waals surface area contributed by atoms with Crippen LogP contribution < -0.4 is 10.6 Å². The first-order valence-electron chi connectivity index (χ1n) is 12.5. The number of fused-ring (bicyclic) bond motifs is 1. The normalized spacial score (nSPS) is 26.5. The molecule has 9 nitrogen and oxygen atoms in total. The molecule has 36 heavy (non-hydrogen) atoms. The van der Waals surface area contributed by atoms with E-state index in [9.17, 15) is 19.2 Å². The van der Waals surface area contributed by atoms with Gasteiger partial charge in [0, 0.05) is 44.7 Å². The summed E-state index contributed by atoms with van der Waals surface area (Å²) in [6.45, 7) is 6.79. The lowest BCUT2D eigenvalue weighted by atomic mass is 9.79. The molecule has 1 aliphatic carbocycles. The predicted octanol–water partition coefficient (Wildman–Crippen LogP) is 1.29. The van der Waals surface area contributed by atoms with Crippen LogP contribution in [0.25, 0.3) is 0 Å². The quantitative estimate of drug-likeness (QED) is 0.580. The summed E-state index contributed by atoms with van der Waals surface area (Å²) in [6.07, 6.45) is 7.28. The third kappa shape index (κ3) is 4.99. The molecule has 5 rings (SSSR count). The molecule has 3 heterocycles. The Labute approximate surface area is 210 Å². The molecule has 2 unspecified atom stereocenters. The van der Waals surface area contributed by atoms with Crippen LogP contribution in [0.4, 0.5) is 0 Å². The highest BCUT2D eigenvalue weighted by molar-refractivity contribution is 6.05. The fourth-order valence-corrected chi connectivity index (χ4v) is 5.42. The molecule has 1 aromatic rings. The molecule has 0 radical (unpaired) electrons. The largest absolute Gasteiger partial charge is 0.379 e. The highest BCUT2D eigenvalue weighted by atomic mass is 16.5. The van der Waals surface area contributed by atoms with E-state index >= 15 is 0 Å². The maximum Gasteiger partial charge on any atom is 0.255 e. The molecule has 4 aliphatic rings. The summed E-state index contributed by atoms with van der Waals surface area (Å²) in [5.74, 6) is -0.957. The molecular weight excluding hydrogens is 460 g/mol. The number of piperidine rings is 1.